The fraction of sp³-hybridized carbons (Fsp3) is 0. The highest BCUT2D eigenvalue weighted by molar-refractivity contribution is 5.61. The quantitative estimate of drug-likeness (QED) is 0.576. The van der Waals surface area contributed by atoms with Crippen molar-refractivity contribution in [3.63, 3.8) is 0 Å². The second kappa shape index (κ2) is 6.49. The first-order valence-electron chi connectivity index (χ1n) is 7.74. The van der Waals surface area contributed by atoms with Crippen LogP contribution in [0.5, 0.6) is 17.2 Å². The van der Waals surface area contributed by atoms with E-state index in [1.165, 1.54) is 0 Å². The number of phenolic OH excluding ortho intramolecular Hbond substituents is 1. The molecule has 4 rings (SSSR count). The predicted molar refractivity (Wildman–Crippen MR) is 93.4 cm³/mol. The molecule has 1 heterocycles. The molecule has 5 nitrogen and oxygen atoms in total. The van der Waals surface area contributed by atoms with Crippen molar-refractivity contribution < 1.29 is 14.4 Å². The van der Waals surface area contributed by atoms with Gasteiger partial charge in [0.1, 0.15) is 17.2 Å². The van der Waals surface area contributed by atoms with Gasteiger partial charge in [-0.05, 0) is 60.7 Å². The third kappa shape index (κ3) is 3.35. The molecule has 5 heteroatoms. The lowest BCUT2D eigenvalue weighted by molar-refractivity contribution is 0.432. The Morgan fingerprint density at radius 2 is 1.36 bits per heavy atom. The molecule has 122 valence electrons. The number of ether oxygens (including phenoxy) is 1. The van der Waals surface area contributed by atoms with E-state index in [1.807, 2.05) is 54.6 Å². The first-order valence-corrected chi connectivity index (χ1v) is 7.74. The number of nitrogens with zero attached hydrogens (tertiary/aromatic N) is 2. The second-order valence-corrected chi connectivity index (χ2v) is 5.41. The zero-order valence-electron chi connectivity index (χ0n) is 13.2. The number of para-hydroxylation sites is 1. The number of hydrogen-bond donors (Lipinski definition) is 1. The van der Waals surface area contributed by atoms with Crippen LogP contribution >= 0.6 is 0 Å². The summed E-state index contributed by atoms with van der Waals surface area (Å²) in [6.45, 7) is 0. The lowest BCUT2D eigenvalue weighted by Gasteiger charge is -2.05. The second-order valence-electron chi connectivity index (χ2n) is 5.41. The Morgan fingerprint density at radius 1 is 0.720 bits per heavy atom. The van der Waals surface area contributed by atoms with Gasteiger partial charge in [0, 0.05) is 11.1 Å². The molecule has 0 atom stereocenters. The molecule has 1 N–H and O–H groups in total. The molecule has 0 aliphatic heterocycles. The molecule has 0 amide bonds. The molecular formula is C20H14N2O3. The highest BCUT2D eigenvalue weighted by Gasteiger charge is 2.10. The molecule has 0 aliphatic carbocycles. The molecule has 1 aromatic heterocycles. The van der Waals surface area contributed by atoms with E-state index in [0.29, 0.717) is 11.7 Å². The van der Waals surface area contributed by atoms with Crippen LogP contribution in [-0.4, -0.2) is 15.2 Å². The molecular weight excluding hydrogens is 316 g/mol. The molecule has 0 aliphatic rings. The summed E-state index contributed by atoms with van der Waals surface area (Å²) in [7, 11) is 0. The maximum Gasteiger partial charge on any atom is 0.258 e. The molecule has 0 bridgehead atoms. The minimum absolute atomic E-state index is 0.192. The fourth-order valence-electron chi connectivity index (χ4n) is 2.36. The average Bonchev–Trinajstić information content (AvgIpc) is 3.14. The van der Waals surface area contributed by atoms with E-state index in [-0.39, 0.29) is 5.75 Å². The molecule has 25 heavy (non-hydrogen) atoms. The van der Waals surface area contributed by atoms with Crippen LogP contribution in [0.15, 0.2) is 83.4 Å². The third-order valence-electron chi connectivity index (χ3n) is 3.63. The number of aromatic nitrogens is 2. The largest absolute Gasteiger partial charge is 0.508 e. The van der Waals surface area contributed by atoms with E-state index >= 15 is 0 Å². The highest BCUT2D eigenvalue weighted by Crippen LogP contribution is 2.26. The van der Waals surface area contributed by atoms with Crippen LogP contribution in [0.4, 0.5) is 0 Å². The Balaban J connectivity index is 1.53. The van der Waals surface area contributed by atoms with Crippen molar-refractivity contribution in [1.82, 2.24) is 10.1 Å². The van der Waals surface area contributed by atoms with Gasteiger partial charge in [-0.3, -0.25) is 0 Å². The Labute approximate surface area is 144 Å². The van der Waals surface area contributed by atoms with Crippen molar-refractivity contribution in [1.29, 1.82) is 0 Å². The number of benzene rings is 3. The number of rotatable bonds is 4. The monoisotopic (exact) mass is 330 g/mol. The standard InChI is InChI=1S/C20H14N2O3/c23-16-10-6-15(7-11-16)20-21-19(22-25-20)14-8-12-18(13-9-14)24-17-4-2-1-3-5-17/h1-13,23H. The summed E-state index contributed by atoms with van der Waals surface area (Å²) in [6, 6.07) is 23.7. The third-order valence-corrected chi connectivity index (χ3v) is 3.63. The summed E-state index contributed by atoms with van der Waals surface area (Å²) >= 11 is 0. The summed E-state index contributed by atoms with van der Waals surface area (Å²) in [6.07, 6.45) is 0. The Morgan fingerprint density at radius 3 is 2.08 bits per heavy atom. The number of aromatic hydroxyl groups is 1. The topological polar surface area (TPSA) is 68.4 Å². The first-order chi connectivity index (χ1) is 12.3. The van der Waals surface area contributed by atoms with E-state index in [1.54, 1.807) is 24.3 Å². The number of phenols is 1. The van der Waals surface area contributed by atoms with E-state index in [9.17, 15) is 5.11 Å². The Hall–Kier alpha value is -3.60. The molecule has 0 unspecified atom stereocenters. The van der Waals surface area contributed by atoms with Crippen molar-refractivity contribution in [2.45, 2.75) is 0 Å². The van der Waals surface area contributed by atoms with Crippen molar-refractivity contribution in [3.8, 4) is 40.1 Å². The Bertz CT molecular complexity index is 962. The highest BCUT2D eigenvalue weighted by atomic mass is 16.5. The zero-order chi connectivity index (χ0) is 17.1. The van der Waals surface area contributed by atoms with Crippen LogP contribution in [0.3, 0.4) is 0 Å². The van der Waals surface area contributed by atoms with Gasteiger partial charge in [0.25, 0.3) is 5.89 Å². The number of hydrogen-bond acceptors (Lipinski definition) is 5. The van der Waals surface area contributed by atoms with E-state index in [4.69, 9.17) is 9.26 Å². The van der Waals surface area contributed by atoms with Gasteiger partial charge >= 0.3 is 0 Å². The molecule has 0 radical (unpaired) electrons. The van der Waals surface area contributed by atoms with E-state index in [0.717, 1.165) is 22.6 Å². The SMILES string of the molecule is Oc1ccc(-c2nc(-c3ccc(Oc4ccccc4)cc3)no2)cc1. The minimum atomic E-state index is 0.192. The van der Waals surface area contributed by atoms with E-state index < -0.39 is 0 Å². The van der Waals surface area contributed by atoms with Crippen molar-refractivity contribution in [2.24, 2.45) is 0 Å². The summed E-state index contributed by atoms with van der Waals surface area (Å²) < 4.78 is 11.1. The zero-order valence-corrected chi connectivity index (χ0v) is 13.2. The normalized spacial score (nSPS) is 10.6. The van der Waals surface area contributed by atoms with Crippen LogP contribution in [0.25, 0.3) is 22.8 Å². The predicted octanol–water partition coefficient (Wildman–Crippen LogP) is 4.90. The molecule has 3 aromatic carbocycles. The lowest BCUT2D eigenvalue weighted by Crippen LogP contribution is -1.85. The molecule has 0 saturated heterocycles. The van der Waals surface area contributed by atoms with Crippen LogP contribution in [0.1, 0.15) is 0 Å². The van der Waals surface area contributed by atoms with Crippen LogP contribution in [0.2, 0.25) is 0 Å². The maximum absolute atomic E-state index is 9.34. The smallest absolute Gasteiger partial charge is 0.258 e. The van der Waals surface area contributed by atoms with Crippen LogP contribution in [-0.2, 0) is 0 Å². The average molecular weight is 330 g/mol. The van der Waals surface area contributed by atoms with Gasteiger partial charge in [0.05, 0.1) is 0 Å². The summed E-state index contributed by atoms with van der Waals surface area (Å²) in [5, 5.41) is 13.3. The van der Waals surface area contributed by atoms with Gasteiger partial charge in [-0.15, -0.1) is 0 Å². The van der Waals surface area contributed by atoms with Crippen LogP contribution in [0, 0.1) is 0 Å². The minimum Gasteiger partial charge on any atom is -0.508 e. The maximum atomic E-state index is 9.34. The fourth-order valence-corrected chi connectivity index (χ4v) is 2.36. The van der Waals surface area contributed by atoms with E-state index in [2.05, 4.69) is 10.1 Å². The summed E-state index contributed by atoms with van der Waals surface area (Å²) in [4.78, 5) is 4.39. The molecule has 0 fully saturated rings. The molecule has 0 spiro atoms. The first kappa shape index (κ1) is 15.0. The lowest BCUT2D eigenvalue weighted by atomic mass is 10.2. The Kier molecular flexibility index (Phi) is 3.88. The van der Waals surface area contributed by atoms with Gasteiger partial charge in [0.2, 0.25) is 5.82 Å². The van der Waals surface area contributed by atoms with Gasteiger partial charge < -0.3 is 14.4 Å². The summed E-state index contributed by atoms with van der Waals surface area (Å²) in [5.41, 5.74) is 1.58. The molecule has 0 saturated carbocycles. The van der Waals surface area contributed by atoms with Crippen molar-refractivity contribution in [3.05, 3.63) is 78.9 Å². The van der Waals surface area contributed by atoms with Gasteiger partial charge in [0.15, 0.2) is 0 Å². The van der Waals surface area contributed by atoms with Crippen molar-refractivity contribution in [2.75, 3.05) is 0 Å². The van der Waals surface area contributed by atoms with Gasteiger partial charge in [-0.25, -0.2) is 0 Å². The van der Waals surface area contributed by atoms with Gasteiger partial charge in [-0.2, -0.15) is 4.98 Å². The van der Waals surface area contributed by atoms with Crippen LogP contribution < -0.4 is 4.74 Å². The van der Waals surface area contributed by atoms with Gasteiger partial charge in [-0.1, -0.05) is 23.4 Å². The van der Waals surface area contributed by atoms with Crippen molar-refractivity contribution >= 4 is 0 Å². The molecule has 4 aromatic rings. The summed E-state index contributed by atoms with van der Waals surface area (Å²) in [5.74, 6) is 2.60.